The molecule has 1 aliphatic rings. The quantitative estimate of drug-likeness (QED) is 0.808. The van der Waals surface area contributed by atoms with Crippen LogP contribution in [0.3, 0.4) is 0 Å². The molecular weight excluding hydrogens is 210 g/mol. The molecule has 2 nitrogen and oxygen atoms in total. The number of nitrogens with zero attached hydrogens (tertiary/aromatic N) is 1. The largest absolute Gasteiger partial charge is 0.381 e. The van der Waals surface area contributed by atoms with Gasteiger partial charge in [-0.25, -0.2) is 0 Å². The van der Waals surface area contributed by atoms with Gasteiger partial charge in [0.2, 0.25) is 0 Å². The molecule has 0 bridgehead atoms. The molecule has 1 aliphatic carbocycles. The zero-order valence-electron chi connectivity index (χ0n) is 10.7. The van der Waals surface area contributed by atoms with Crippen molar-refractivity contribution in [2.75, 3.05) is 13.8 Å². The summed E-state index contributed by atoms with van der Waals surface area (Å²) in [6.45, 7) is 0.936. The zero-order valence-corrected chi connectivity index (χ0v) is 10.7. The average Bonchev–Trinajstić information content (AvgIpc) is 2.40. The first-order valence-electron chi connectivity index (χ1n) is 6.68. The third-order valence-electron chi connectivity index (χ3n) is 3.75. The minimum atomic E-state index is 0.115. The van der Waals surface area contributed by atoms with Crippen molar-refractivity contribution in [3.05, 3.63) is 35.4 Å². The van der Waals surface area contributed by atoms with Gasteiger partial charge in [-0.3, -0.25) is 4.90 Å². The summed E-state index contributed by atoms with van der Waals surface area (Å²) in [5, 5.41) is 8.98. The summed E-state index contributed by atoms with van der Waals surface area (Å²) in [6.07, 6.45) is 6.90. The van der Waals surface area contributed by atoms with Crippen LogP contribution in [0.15, 0.2) is 24.3 Å². The van der Waals surface area contributed by atoms with Gasteiger partial charge >= 0.3 is 0 Å². The molecule has 94 valence electrons. The van der Waals surface area contributed by atoms with Crippen molar-refractivity contribution in [2.24, 2.45) is 0 Å². The maximum Gasteiger partial charge on any atom is 0.0956 e. The van der Waals surface area contributed by atoms with E-state index in [0.717, 1.165) is 12.5 Å². The number of aliphatic hydroxyl groups excluding tert-OH is 1. The van der Waals surface area contributed by atoms with E-state index in [2.05, 4.69) is 24.3 Å². The molecule has 0 aliphatic heterocycles. The second kappa shape index (κ2) is 6.18. The minimum Gasteiger partial charge on any atom is -0.381 e. The Kier molecular flexibility index (Phi) is 4.57. The van der Waals surface area contributed by atoms with Gasteiger partial charge in [0, 0.05) is 6.54 Å². The van der Waals surface area contributed by atoms with E-state index < -0.39 is 0 Å². The van der Waals surface area contributed by atoms with Crippen LogP contribution in [0, 0.1) is 0 Å². The number of hydrogen-bond acceptors (Lipinski definition) is 2. The van der Waals surface area contributed by atoms with Crippen LogP contribution in [0.4, 0.5) is 0 Å². The lowest BCUT2D eigenvalue weighted by molar-refractivity contribution is 0.127. The lowest BCUT2D eigenvalue weighted by atomic mass is 9.84. The van der Waals surface area contributed by atoms with E-state index in [9.17, 15) is 0 Å². The fourth-order valence-corrected chi connectivity index (χ4v) is 2.69. The summed E-state index contributed by atoms with van der Waals surface area (Å²) < 4.78 is 0. The Hall–Kier alpha value is -0.860. The highest BCUT2D eigenvalue weighted by Crippen LogP contribution is 2.32. The smallest absolute Gasteiger partial charge is 0.0956 e. The standard InChI is InChI=1S/C15H23NO/c1-16(12-17)11-13-7-9-15(10-8-13)14-5-3-2-4-6-14/h7-10,14,17H,2-6,11-12H2,1H3. The first-order chi connectivity index (χ1) is 8.29. The van der Waals surface area contributed by atoms with Crippen LogP contribution in [0.2, 0.25) is 0 Å². The molecule has 1 aromatic rings. The molecule has 0 unspecified atom stereocenters. The monoisotopic (exact) mass is 233 g/mol. The first-order valence-corrected chi connectivity index (χ1v) is 6.68. The molecule has 1 fully saturated rings. The molecule has 1 aromatic carbocycles. The average molecular weight is 233 g/mol. The van der Waals surface area contributed by atoms with Crippen molar-refractivity contribution in [1.29, 1.82) is 0 Å². The van der Waals surface area contributed by atoms with Gasteiger partial charge in [0.05, 0.1) is 6.73 Å². The van der Waals surface area contributed by atoms with E-state index in [4.69, 9.17) is 5.11 Å². The van der Waals surface area contributed by atoms with Crippen molar-refractivity contribution in [3.63, 3.8) is 0 Å². The van der Waals surface area contributed by atoms with Crippen LogP contribution in [-0.4, -0.2) is 23.8 Å². The van der Waals surface area contributed by atoms with Crippen LogP contribution < -0.4 is 0 Å². The van der Waals surface area contributed by atoms with E-state index in [-0.39, 0.29) is 6.73 Å². The van der Waals surface area contributed by atoms with E-state index in [0.29, 0.717) is 0 Å². The summed E-state index contributed by atoms with van der Waals surface area (Å²) in [7, 11) is 1.93. The van der Waals surface area contributed by atoms with Crippen LogP contribution in [0.25, 0.3) is 0 Å². The van der Waals surface area contributed by atoms with Gasteiger partial charge < -0.3 is 5.11 Å². The molecule has 2 heteroatoms. The lowest BCUT2D eigenvalue weighted by Crippen LogP contribution is -2.18. The summed E-state index contributed by atoms with van der Waals surface area (Å²) >= 11 is 0. The maximum absolute atomic E-state index is 8.98. The SMILES string of the molecule is CN(CO)Cc1ccc(C2CCCCC2)cc1. The highest BCUT2D eigenvalue weighted by molar-refractivity contribution is 5.25. The molecule has 0 radical (unpaired) electrons. The number of benzene rings is 1. The Morgan fingerprint density at radius 2 is 1.76 bits per heavy atom. The van der Waals surface area contributed by atoms with Gasteiger partial charge in [-0.1, -0.05) is 43.5 Å². The molecule has 0 saturated heterocycles. The lowest BCUT2D eigenvalue weighted by Gasteiger charge is -2.22. The molecule has 0 heterocycles. The van der Waals surface area contributed by atoms with E-state index in [1.54, 1.807) is 0 Å². The number of aliphatic hydroxyl groups is 1. The molecule has 0 aromatic heterocycles. The summed E-state index contributed by atoms with van der Waals surface area (Å²) in [5.74, 6) is 0.786. The van der Waals surface area contributed by atoms with E-state index in [1.165, 1.54) is 43.2 Å². The van der Waals surface area contributed by atoms with E-state index in [1.807, 2.05) is 11.9 Å². The summed E-state index contributed by atoms with van der Waals surface area (Å²) in [5.41, 5.74) is 2.78. The Morgan fingerprint density at radius 1 is 1.12 bits per heavy atom. The van der Waals surface area contributed by atoms with Crippen LogP contribution >= 0.6 is 0 Å². The van der Waals surface area contributed by atoms with Crippen molar-refractivity contribution in [1.82, 2.24) is 4.90 Å². The molecule has 17 heavy (non-hydrogen) atoms. The van der Waals surface area contributed by atoms with Crippen LogP contribution in [0.5, 0.6) is 0 Å². The zero-order chi connectivity index (χ0) is 12.1. The Morgan fingerprint density at radius 3 is 2.35 bits per heavy atom. The van der Waals surface area contributed by atoms with Gasteiger partial charge in [-0.2, -0.15) is 0 Å². The Bertz CT molecular complexity index is 327. The number of rotatable bonds is 4. The van der Waals surface area contributed by atoms with Gasteiger partial charge in [-0.15, -0.1) is 0 Å². The second-order valence-electron chi connectivity index (χ2n) is 5.23. The minimum absolute atomic E-state index is 0.115. The molecule has 0 amide bonds. The third-order valence-corrected chi connectivity index (χ3v) is 3.75. The fraction of sp³-hybridized carbons (Fsp3) is 0.600. The Balaban J connectivity index is 1.97. The second-order valence-corrected chi connectivity index (χ2v) is 5.23. The van der Waals surface area contributed by atoms with Crippen molar-refractivity contribution in [3.8, 4) is 0 Å². The first kappa shape index (κ1) is 12.6. The van der Waals surface area contributed by atoms with Crippen molar-refractivity contribution < 1.29 is 5.11 Å². The van der Waals surface area contributed by atoms with Gasteiger partial charge in [0.15, 0.2) is 0 Å². The highest BCUT2D eigenvalue weighted by atomic mass is 16.3. The molecule has 2 rings (SSSR count). The molecule has 1 N–H and O–H groups in total. The molecule has 1 saturated carbocycles. The molecule has 0 atom stereocenters. The maximum atomic E-state index is 8.98. The molecular formula is C15H23NO. The highest BCUT2D eigenvalue weighted by Gasteiger charge is 2.15. The van der Waals surface area contributed by atoms with Crippen molar-refractivity contribution >= 4 is 0 Å². The van der Waals surface area contributed by atoms with Gasteiger partial charge in [0.25, 0.3) is 0 Å². The molecule has 0 spiro atoms. The van der Waals surface area contributed by atoms with Gasteiger partial charge in [0.1, 0.15) is 0 Å². The topological polar surface area (TPSA) is 23.5 Å². The summed E-state index contributed by atoms with van der Waals surface area (Å²) in [6, 6.07) is 8.96. The normalized spacial score (nSPS) is 17.6. The van der Waals surface area contributed by atoms with Crippen LogP contribution in [0.1, 0.15) is 49.1 Å². The van der Waals surface area contributed by atoms with E-state index >= 15 is 0 Å². The summed E-state index contributed by atoms with van der Waals surface area (Å²) in [4.78, 5) is 1.90. The predicted molar refractivity (Wildman–Crippen MR) is 70.8 cm³/mol. The number of hydrogen-bond donors (Lipinski definition) is 1. The fourth-order valence-electron chi connectivity index (χ4n) is 2.69. The predicted octanol–water partition coefficient (Wildman–Crippen LogP) is 3.12. The Labute approximate surface area is 104 Å². The van der Waals surface area contributed by atoms with Gasteiger partial charge in [-0.05, 0) is 36.9 Å². The van der Waals surface area contributed by atoms with Crippen LogP contribution in [-0.2, 0) is 6.54 Å². The van der Waals surface area contributed by atoms with Crippen molar-refractivity contribution in [2.45, 2.75) is 44.6 Å². The third kappa shape index (κ3) is 3.55.